The summed E-state index contributed by atoms with van der Waals surface area (Å²) < 4.78 is 0. The molecule has 13 nitrogen and oxygen atoms in total. The van der Waals surface area contributed by atoms with Crippen molar-refractivity contribution in [3.8, 4) is 0 Å². The third-order valence-electron chi connectivity index (χ3n) is 2.33. The molecule has 0 spiro atoms. The molecule has 0 amide bonds. The average molecular weight is 464 g/mol. The normalized spacial score (nSPS) is 7.72. The smallest absolute Gasteiger partial charge is 0.543 e. The maximum absolute atomic E-state index is 10.2. The van der Waals surface area contributed by atoms with Crippen molar-refractivity contribution in [3.63, 3.8) is 0 Å². The van der Waals surface area contributed by atoms with Crippen LogP contribution in [0.15, 0.2) is 36.4 Å². The van der Waals surface area contributed by atoms with Crippen LogP contribution in [0.2, 0.25) is 0 Å². The Morgan fingerprint density at radius 2 is 0.690 bits per heavy atom. The second kappa shape index (κ2) is 18.6. The molecule has 0 atom stereocenters. The van der Waals surface area contributed by atoms with Gasteiger partial charge in [0.15, 0.2) is 0 Å². The van der Waals surface area contributed by atoms with E-state index in [0.717, 1.165) is 24.3 Å². The Labute approximate surface area is 222 Å². The zero-order chi connectivity index (χ0) is 18.3. The van der Waals surface area contributed by atoms with Crippen LogP contribution in [0.25, 0.3) is 0 Å². The summed E-state index contributed by atoms with van der Waals surface area (Å²) in [6.45, 7) is 0. The van der Waals surface area contributed by atoms with Crippen molar-refractivity contribution in [2.45, 2.75) is 0 Å². The first-order chi connectivity index (χ1) is 11.2. The molecule has 0 bridgehead atoms. The van der Waals surface area contributed by atoms with Crippen LogP contribution < -0.4 is 20.4 Å². The summed E-state index contributed by atoms with van der Waals surface area (Å²) in [6, 6.07) is 7.07. The molecule has 148 valence electrons. The molecule has 0 unspecified atom stereocenters. The van der Waals surface area contributed by atoms with Gasteiger partial charge in [-0.2, -0.15) is 0 Å². The molecular weight excluding hydrogens is 452 g/mol. The number of carboxylic acids is 4. The Kier molecular flexibility index (Phi) is 24.5. The number of hydrogen-bond donors (Lipinski definition) is 0. The number of carbonyl (C=O) groups is 4. The van der Waals surface area contributed by atoms with E-state index in [1.807, 2.05) is 0 Å². The number of aromatic nitrogens is 2. The van der Waals surface area contributed by atoms with Gasteiger partial charge < -0.3 is 56.0 Å². The van der Waals surface area contributed by atoms with E-state index in [1.54, 1.807) is 0 Å². The standard InChI is InChI=1S/2C7H5NO4.2Ca.3H2O/c2*9-6(10)4-2-1-3-5(8-4)7(11)12;;;;;/h2*1-3H,(H,9,10)(H,11,12);;;3*1H2/q;;2*+2;;;/p-4. The van der Waals surface area contributed by atoms with Crippen molar-refractivity contribution in [1.29, 1.82) is 0 Å². The van der Waals surface area contributed by atoms with Crippen LogP contribution in [0.1, 0.15) is 42.0 Å². The van der Waals surface area contributed by atoms with Crippen molar-refractivity contribution in [2.24, 2.45) is 0 Å². The van der Waals surface area contributed by atoms with E-state index in [-0.39, 0.29) is 91.9 Å². The van der Waals surface area contributed by atoms with Crippen molar-refractivity contribution < 1.29 is 56.0 Å². The van der Waals surface area contributed by atoms with Gasteiger partial charge in [0, 0.05) is 0 Å². The predicted octanol–water partition coefficient (Wildman–Crippen LogP) is -7.62. The van der Waals surface area contributed by atoms with E-state index in [4.69, 9.17) is 0 Å². The van der Waals surface area contributed by atoms with E-state index >= 15 is 0 Å². The minimum absolute atomic E-state index is 0. The average Bonchev–Trinajstić information content (AvgIpc) is 2.55. The number of hydrogen-bond acceptors (Lipinski definition) is 10. The Bertz CT molecular complexity index is 692. The Balaban J connectivity index is -0.000000113. The molecule has 0 aliphatic heterocycles. The van der Waals surface area contributed by atoms with Crippen LogP contribution in [0, 0.1) is 0 Å². The second-order valence-electron chi connectivity index (χ2n) is 3.97. The van der Waals surface area contributed by atoms with E-state index in [0.29, 0.717) is 0 Å². The first-order valence-electron chi connectivity index (χ1n) is 6.02. The zero-order valence-electron chi connectivity index (χ0n) is 14.5. The second-order valence-corrected chi connectivity index (χ2v) is 3.97. The summed E-state index contributed by atoms with van der Waals surface area (Å²) in [5, 5.41) is 40.8. The van der Waals surface area contributed by atoms with Crippen molar-refractivity contribution in [3.05, 3.63) is 59.2 Å². The first kappa shape index (κ1) is 38.2. The molecule has 6 N–H and O–H groups in total. The van der Waals surface area contributed by atoms with Gasteiger partial charge in [0.05, 0.1) is 46.7 Å². The Morgan fingerprint density at radius 3 is 0.828 bits per heavy atom. The number of pyridine rings is 2. The summed E-state index contributed by atoms with van der Waals surface area (Å²) in [5.74, 6) is -6.06. The van der Waals surface area contributed by atoms with Gasteiger partial charge in [-0.15, -0.1) is 0 Å². The van der Waals surface area contributed by atoms with Crippen LogP contribution >= 0.6 is 0 Å². The quantitative estimate of drug-likeness (QED) is 0.385. The number of nitrogens with zero attached hydrogens (tertiary/aromatic N) is 2. The first-order valence-corrected chi connectivity index (χ1v) is 6.02. The predicted molar refractivity (Wildman–Crippen MR) is 88.1 cm³/mol. The van der Waals surface area contributed by atoms with Crippen LogP contribution in [0.5, 0.6) is 0 Å². The summed E-state index contributed by atoms with van der Waals surface area (Å²) in [5.41, 5.74) is -1.68. The van der Waals surface area contributed by atoms with Gasteiger partial charge in [-0.3, -0.25) is 0 Å². The minimum atomic E-state index is -1.52. The topological polar surface area (TPSA) is 281 Å². The molecule has 0 aliphatic carbocycles. The molecule has 2 aromatic heterocycles. The molecule has 0 saturated carbocycles. The van der Waals surface area contributed by atoms with Crippen LogP contribution in [0.3, 0.4) is 0 Å². The Hall–Kier alpha value is -1.42. The van der Waals surface area contributed by atoms with Gasteiger partial charge in [-0.25, -0.2) is 9.97 Å². The number of rotatable bonds is 4. The minimum Gasteiger partial charge on any atom is -0.543 e. The SMILES string of the molecule is O.O.O.O=C([O-])c1cccc(C(=O)[O-])n1.O=C([O-])c1cccc(C(=O)[O-])n1.[Ca+2].[Ca+2]. The largest absolute Gasteiger partial charge is 2.00 e. The third-order valence-corrected chi connectivity index (χ3v) is 2.33. The summed E-state index contributed by atoms with van der Waals surface area (Å²) in [7, 11) is 0. The van der Waals surface area contributed by atoms with Gasteiger partial charge in [-0.1, -0.05) is 12.1 Å². The maximum Gasteiger partial charge on any atom is 2.00 e. The molecule has 0 saturated heterocycles. The van der Waals surface area contributed by atoms with E-state index in [2.05, 4.69) is 9.97 Å². The van der Waals surface area contributed by atoms with Crippen molar-refractivity contribution >= 4 is 99.4 Å². The summed E-state index contributed by atoms with van der Waals surface area (Å²) in [6.07, 6.45) is 0. The van der Waals surface area contributed by atoms with Crippen LogP contribution in [0.4, 0.5) is 0 Å². The van der Waals surface area contributed by atoms with Crippen LogP contribution in [-0.2, 0) is 0 Å². The van der Waals surface area contributed by atoms with E-state index in [9.17, 15) is 39.6 Å². The van der Waals surface area contributed by atoms with Gasteiger partial charge >= 0.3 is 75.5 Å². The number of carboxylic acid groups (broad SMARTS) is 4. The molecule has 15 heteroatoms. The molecule has 29 heavy (non-hydrogen) atoms. The van der Waals surface area contributed by atoms with Crippen molar-refractivity contribution in [2.75, 3.05) is 0 Å². The molecule has 0 radical (unpaired) electrons. The summed E-state index contributed by atoms with van der Waals surface area (Å²) in [4.78, 5) is 47.3. The van der Waals surface area contributed by atoms with Crippen molar-refractivity contribution in [1.82, 2.24) is 9.97 Å². The zero-order valence-corrected chi connectivity index (χ0v) is 19.0. The van der Waals surface area contributed by atoms with E-state index < -0.39 is 46.7 Å². The number of carbonyl (C=O) groups excluding carboxylic acids is 4. The van der Waals surface area contributed by atoms with E-state index in [1.165, 1.54) is 12.1 Å². The molecule has 0 aromatic carbocycles. The number of aromatic carboxylic acids is 4. The van der Waals surface area contributed by atoms with Gasteiger partial charge in [0.2, 0.25) is 0 Å². The fourth-order valence-corrected chi connectivity index (χ4v) is 1.32. The summed E-state index contributed by atoms with van der Waals surface area (Å²) >= 11 is 0. The Morgan fingerprint density at radius 1 is 0.517 bits per heavy atom. The van der Waals surface area contributed by atoms with Gasteiger partial charge in [0.25, 0.3) is 0 Å². The van der Waals surface area contributed by atoms with Gasteiger partial charge in [-0.05, 0) is 24.3 Å². The molecule has 2 rings (SSSR count). The fraction of sp³-hybridized carbons (Fsp3) is 0. The maximum atomic E-state index is 10.2. The van der Waals surface area contributed by atoms with Crippen LogP contribution in [-0.4, -0.2) is 126 Å². The molecule has 0 aliphatic rings. The van der Waals surface area contributed by atoms with Gasteiger partial charge in [0.1, 0.15) is 0 Å². The monoisotopic (exact) mass is 464 g/mol. The molecular formula is C14H12Ca2N2O11. The third kappa shape index (κ3) is 13.4. The fourth-order valence-electron chi connectivity index (χ4n) is 1.32. The molecule has 2 aromatic rings. The molecule has 2 heterocycles. The molecule has 0 fully saturated rings.